The number of carbonyl (C=O) groups is 3. The Labute approximate surface area is 188 Å². The van der Waals surface area contributed by atoms with Crippen molar-refractivity contribution in [3.8, 4) is 0 Å². The molecule has 168 valence electrons. The van der Waals surface area contributed by atoms with Gasteiger partial charge in [-0.25, -0.2) is 9.59 Å². The highest BCUT2D eigenvalue weighted by Crippen LogP contribution is 2.43. The number of nitrogens with one attached hydrogen (secondary N) is 4. The van der Waals surface area contributed by atoms with Crippen LogP contribution in [0.4, 0.5) is 9.59 Å². The topological polar surface area (TPSA) is 99.3 Å². The van der Waals surface area contributed by atoms with Gasteiger partial charge in [-0.2, -0.15) is 0 Å². The van der Waals surface area contributed by atoms with Crippen molar-refractivity contribution in [2.24, 2.45) is 0 Å². The summed E-state index contributed by atoms with van der Waals surface area (Å²) in [6.07, 6.45) is 3.35. The van der Waals surface area contributed by atoms with E-state index >= 15 is 0 Å². The van der Waals surface area contributed by atoms with Gasteiger partial charge in [0.05, 0.1) is 0 Å². The zero-order valence-corrected chi connectivity index (χ0v) is 18.8. The number of carbonyl (C=O) groups excluding carboxylic acids is 3. The van der Waals surface area contributed by atoms with Gasteiger partial charge in [-0.3, -0.25) is 10.1 Å². The Kier molecular flexibility index (Phi) is 5.67. The zero-order valence-electron chi connectivity index (χ0n) is 18.8. The predicted molar refractivity (Wildman–Crippen MR) is 122 cm³/mol. The lowest BCUT2D eigenvalue weighted by Gasteiger charge is -2.43. The monoisotopic (exact) mass is 434 g/mol. The summed E-state index contributed by atoms with van der Waals surface area (Å²) in [6, 6.07) is 13.2. The van der Waals surface area contributed by atoms with Crippen molar-refractivity contribution >= 4 is 18.0 Å². The van der Waals surface area contributed by atoms with Crippen LogP contribution in [0.2, 0.25) is 0 Å². The average molecular weight is 435 g/mol. The van der Waals surface area contributed by atoms with E-state index in [1.165, 1.54) is 23.1 Å². The van der Waals surface area contributed by atoms with E-state index in [1.54, 1.807) is 19.1 Å². The molecule has 2 aromatic rings. The molecule has 2 fully saturated rings. The van der Waals surface area contributed by atoms with Crippen molar-refractivity contribution in [1.29, 1.82) is 0 Å². The summed E-state index contributed by atoms with van der Waals surface area (Å²) in [4.78, 5) is 36.0. The first-order valence-corrected chi connectivity index (χ1v) is 11.0. The second-order valence-corrected chi connectivity index (χ2v) is 9.20. The summed E-state index contributed by atoms with van der Waals surface area (Å²) in [7, 11) is 0. The first-order chi connectivity index (χ1) is 15.2. The van der Waals surface area contributed by atoms with Crippen LogP contribution in [0, 0.1) is 13.8 Å². The minimum Gasteiger partial charge on any atom is -0.337 e. The number of hydrogen-bond donors (Lipinski definition) is 4. The van der Waals surface area contributed by atoms with Gasteiger partial charge in [0.2, 0.25) is 0 Å². The highest BCUT2D eigenvalue weighted by atomic mass is 16.2. The highest BCUT2D eigenvalue weighted by Gasteiger charge is 2.43. The molecular formula is C25H30N4O3. The number of hydrogen-bond acceptors (Lipinski definition) is 3. The quantitative estimate of drug-likeness (QED) is 0.525. The molecule has 0 bridgehead atoms. The third-order valence-electron chi connectivity index (χ3n) is 7.05. The van der Waals surface area contributed by atoms with Gasteiger partial charge >= 0.3 is 12.1 Å². The Hall–Kier alpha value is -3.35. The largest absolute Gasteiger partial charge is 0.337 e. The fraction of sp³-hybridized carbons (Fsp3) is 0.400. The van der Waals surface area contributed by atoms with Gasteiger partial charge in [-0.1, -0.05) is 48.9 Å². The van der Waals surface area contributed by atoms with Gasteiger partial charge in [0.1, 0.15) is 5.54 Å². The first-order valence-electron chi connectivity index (χ1n) is 11.0. The summed E-state index contributed by atoms with van der Waals surface area (Å²) in [6.45, 7) is 6.90. The van der Waals surface area contributed by atoms with Crippen LogP contribution in [0.15, 0.2) is 42.5 Å². The molecule has 32 heavy (non-hydrogen) atoms. The van der Waals surface area contributed by atoms with E-state index in [4.69, 9.17) is 0 Å². The lowest BCUT2D eigenvalue weighted by Crippen LogP contribution is -2.48. The maximum absolute atomic E-state index is 12.4. The number of imide groups is 1. The van der Waals surface area contributed by atoms with E-state index in [-0.39, 0.29) is 17.4 Å². The van der Waals surface area contributed by atoms with Crippen LogP contribution in [0.1, 0.15) is 54.0 Å². The van der Waals surface area contributed by atoms with Gasteiger partial charge in [-0.05, 0) is 61.4 Å². The zero-order chi connectivity index (χ0) is 22.9. The minimum absolute atomic E-state index is 0.0270. The van der Waals surface area contributed by atoms with Crippen molar-refractivity contribution in [3.63, 3.8) is 0 Å². The summed E-state index contributed by atoms with van der Waals surface area (Å²) >= 11 is 0. The number of urea groups is 2. The molecule has 1 saturated heterocycles. The van der Waals surface area contributed by atoms with Crippen molar-refractivity contribution in [2.75, 3.05) is 6.54 Å². The van der Waals surface area contributed by atoms with Crippen molar-refractivity contribution < 1.29 is 14.4 Å². The molecule has 7 heteroatoms. The lowest BCUT2D eigenvalue weighted by atomic mass is 9.64. The predicted octanol–water partition coefficient (Wildman–Crippen LogP) is 3.28. The fourth-order valence-electron chi connectivity index (χ4n) is 4.44. The first kappa shape index (κ1) is 21.9. The van der Waals surface area contributed by atoms with Crippen LogP contribution >= 0.6 is 0 Å². The van der Waals surface area contributed by atoms with Crippen LogP contribution in [0.5, 0.6) is 0 Å². The van der Waals surface area contributed by atoms with Crippen LogP contribution in [-0.2, 0) is 22.3 Å². The summed E-state index contributed by atoms with van der Waals surface area (Å²) in [5.74, 6) is -0.374. The summed E-state index contributed by atoms with van der Waals surface area (Å²) in [5, 5.41) is 10.9. The molecule has 4 rings (SSSR count). The Morgan fingerprint density at radius 1 is 0.969 bits per heavy atom. The molecule has 2 aromatic carbocycles. The van der Waals surface area contributed by atoms with Gasteiger partial charge in [0, 0.05) is 18.5 Å². The Morgan fingerprint density at radius 2 is 1.66 bits per heavy atom. The molecule has 5 amide bonds. The molecular weight excluding hydrogens is 404 g/mol. The van der Waals surface area contributed by atoms with E-state index in [9.17, 15) is 14.4 Å². The molecule has 2 aliphatic rings. The van der Waals surface area contributed by atoms with Crippen molar-refractivity contribution in [1.82, 2.24) is 21.3 Å². The molecule has 0 radical (unpaired) electrons. The van der Waals surface area contributed by atoms with Gasteiger partial charge in [0.15, 0.2) is 0 Å². The maximum Gasteiger partial charge on any atom is 0.322 e. The Bertz CT molecular complexity index is 1060. The molecule has 0 aromatic heterocycles. The number of rotatable bonds is 6. The summed E-state index contributed by atoms with van der Waals surface area (Å²) in [5.41, 5.74) is 4.42. The van der Waals surface area contributed by atoms with Crippen LogP contribution < -0.4 is 21.3 Å². The third kappa shape index (κ3) is 4.07. The second-order valence-electron chi connectivity index (χ2n) is 9.20. The maximum atomic E-state index is 12.4. The van der Waals surface area contributed by atoms with E-state index in [0.29, 0.717) is 18.7 Å². The van der Waals surface area contributed by atoms with Gasteiger partial charge < -0.3 is 16.0 Å². The second kappa shape index (κ2) is 8.30. The molecule has 7 nitrogen and oxygen atoms in total. The normalized spacial score (nSPS) is 21.3. The third-order valence-corrected chi connectivity index (χ3v) is 7.05. The summed E-state index contributed by atoms with van der Waals surface area (Å²) < 4.78 is 0. The highest BCUT2D eigenvalue weighted by molar-refractivity contribution is 6.07. The molecule has 0 spiro atoms. The van der Waals surface area contributed by atoms with E-state index in [0.717, 1.165) is 18.4 Å². The number of amides is 5. The van der Waals surface area contributed by atoms with Gasteiger partial charge in [-0.15, -0.1) is 0 Å². The molecule has 4 N–H and O–H groups in total. The molecule has 1 aliphatic carbocycles. The molecule has 1 aliphatic heterocycles. The van der Waals surface area contributed by atoms with E-state index in [1.807, 2.05) is 12.1 Å². The van der Waals surface area contributed by atoms with E-state index < -0.39 is 11.6 Å². The molecule has 1 saturated carbocycles. The fourth-order valence-corrected chi connectivity index (χ4v) is 4.44. The van der Waals surface area contributed by atoms with Crippen LogP contribution in [-0.4, -0.2) is 24.5 Å². The average Bonchev–Trinajstić information content (AvgIpc) is 3.00. The van der Waals surface area contributed by atoms with Crippen molar-refractivity contribution in [2.45, 2.75) is 57.5 Å². The van der Waals surface area contributed by atoms with E-state index in [2.05, 4.69) is 53.3 Å². The lowest BCUT2D eigenvalue weighted by molar-refractivity contribution is -0.123. The Morgan fingerprint density at radius 3 is 2.22 bits per heavy atom. The number of aryl methyl sites for hydroxylation is 2. The SMILES string of the molecule is Cc1ccc(C2(CNC(=O)NCc3ccc(C4(C)NC(=O)NC4=O)cc3)CCC2)cc1C. The minimum atomic E-state index is -1.08. The molecule has 1 unspecified atom stereocenters. The number of benzene rings is 2. The van der Waals surface area contributed by atoms with Crippen LogP contribution in [0.25, 0.3) is 0 Å². The molecule has 1 heterocycles. The van der Waals surface area contributed by atoms with Crippen LogP contribution in [0.3, 0.4) is 0 Å². The smallest absolute Gasteiger partial charge is 0.322 e. The standard InChI is InChI=1S/C25H30N4O3/c1-16-5-8-20(13-17(16)2)25(11-4-12-25)15-27-22(31)26-14-18-6-9-19(10-7-18)24(3)21(30)28-23(32)29-24/h5-10,13H,4,11-12,14-15H2,1-3H3,(H2,26,27,31)(H2,28,29,30,32). The Balaban J connectivity index is 1.32. The molecule has 1 atom stereocenters. The van der Waals surface area contributed by atoms with Crippen molar-refractivity contribution in [3.05, 3.63) is 70.3 Å². The van der Waals surface area contributed by atoms with Gasteiger partial charge in [0.25, 0.3) is 5.91 Å².